The van der Waals surface area contributed by atoms with Crippen molar-refractivity contribution in [2.45, 2.75) is 70.2 Å². The topological polar surface area (TPSA) is 89.8 Å². The van der Waals surface area contributed by atoms with Gasteiger partial charge in [0.15, 0.2) is 0 Å². The molecule has 6 heteroatoms. The Morgan fingerprint density at radius 1 is 1.43 bits per heavy atom. The molecule has 0 spiro atoms. The first kappa shape index (κ1) is 25.0. The number of aryl methyl sites for hydroxylation is 1. The van der Waals surface area contributed by atoms with Gasteiger partial charge >= 0.3 is 29.6 Å². The molecule has 1 saturated carbocycles. The van der Waals surface area contributed by atoms with Gasteiger partial charge in [0, 0.05) is 36.2 Å². The standard InChI is InChI=1S/C24H30O5.Na/c1-3-4-7-15(2)19(25)13-12-17-20(26)14-21-23(17)18-10-5-8-16(24(18)29-21)9-6-11-22(27)28;/h5,8,10,12-13,15,17,19-21,23,25-26H,6-7,9,11,14H2,1-2H3,(H,27,28);/q;+1/p-1. The molecule has 5 nitrogen and oxygen atoms in total. The van der Waals surface area contributed by atoms with Gasteiger partial charge in [-0.25, -0.2) is 0 Å². The molecule has 1 fully saturated rings. The molecule has 3 rings (SSSR count). The quantitative estimate of drug-likeness (QED) is 0.319. The van der Waals surface area contributed by atoms with Crippen molar-refractivity contribution < 1.29 is 54.4 Å². The molecule has 1 aromatic rings. The first-order valence-corrected chi connectivity index (χ1v) is 10.3. The molecule has 0 aromatic heterocycles. The largest absolute Gasteiger partial charge is 1.00 e. The molecule has 2 aliphatic rings. The van der Waals surface area contributed by atoms with Crippen LogP contribution in [0.25, 0.3) is 0 Å². The molecule has 1 aromatic carbocycles. The molecule has 0 bridgehead atoms. The molecule has 1 heterocycles. The minimum absolute atomic E-state index is 0. The van der Waals surface area contributed by atoms with E-state index >= 15 is 0 Å². The predicted octanol–water partition coefficient (Wildman–Crippen LogP) is -1.04. The van der Waals surface area contributed by atoms with Gasteiger partial charge in [-0.05, 0) is 37.7 Å². The number of aliphatic hydroxyl groups is 2. The number of benzene rings is 1. The molecule has 30 heavy (non-hydrogen) atoms. The normalized spacial score (nSPS) is 26.0. The van der Waals surface area contributed by atoms with Crippen molar-refractivity contribution in [3.8, 4) is 17.6 Å². The summed E-state index contributed by atoms with van der Waals surface area (Å²) in [6.45, 7) is 3.74. The summed E-state index contributed by atoms with van der Waals surface area (Å²) in [5, 5.41) is 31.7. The average Bonchev–Trinajstić information content (AvgIpc) is 3.19. The van der Waals surface area contributed by atoms with E-state index < -0.39 is 18.2 Å². The van der Waals surface area contributed by atoms with E-state index in [9.17, 15) is 20.1 Å². The van der Waals surface area contributed by atoms with E-state index in [-0.39, 0.29) is 59.8 Å². The number of carboxylic acid groups (broad SMARTS) is 1. The maximum absolute atomic E-state index is 10.7. The Hall–Kier alpha value is -1.29. The smallest absolute Gasteiger partial charge is 0.550 e. The second-order valence-electron chi connectivity index (χ2n) is 8.11. The average molecular weight is 420 g/mol. The SMILES string of the molecule is CC#CCC(C)C(O)C=CC1C(O)CC2Oc3c(CCCC(=O)[O-])cccc3C21.[Na+]. The summed E-state index contributed by atoms with van der Waals surface area (Å²) in [4.78, 5) is 10.7. The molecule has 0 amide bonds. The molecular weight excluding hydrogens is 391 g/mol. The van der Waals surface area contributed by atoms with Crippen molar-refractivity contribution in [1.29, 1.82) is 0 Å². The number of ether oxygens (including phenoxy) is 1. The van der Waals surface area contributed by atoms with Crippen LogP contribution in [0.1, 0.15) is 56.6 Å². The summed E-state index contributed by atoms with van der Waals surface area (Å²) >= 11 is 0. The van der Waals surface area contributed by atoms with Gasteiger partial charge in [0.2, 0.25) is 0 Å². The molecule has 0 saturated heterocycles. The summed E-state index contributed by atoms with van der Waals surface area (Å²) in [6.07, 6.45) is 4.80. The van der Waals surface area contributed by atoms with Crippen LogP contribution in [0.2, 0.25) is 0 Å². The fraction of sp³-hybridized carbons (Fsp3) is 0.542. The van der Waals surface area contributed by atoms with Crippen LogP contribution in [0.4, 0.5) is 0 Å². The van der Waals surface area contributed by atoms with Crippen molar-refractivity contribution in [2.75, 3.05) is 0 Å². The summed E-state index contributed by atoms with van der Waals surface area (Å²) in [5.74, 6) is 5.56. The van der Waals surface area contributed by atoms with Crippen molar-refractivity contribution in [3.05, 3.63) is 41.5 Å². The predicted molar refractivity (Wildman–Crippen MR) is 108 cm³/mol. The van der Waals surface area contributed by atoms with Crippen LogP contribution in [-0.2, 0) is 11.2 Å². The van der Waals surface area contributed by atoms with E-state index in [1.165, 1.54) is 0 Å². The summed E-state index contributed by atoms with van der Waals surface area (Å²) in [6, 6.07) is 5.96. The number of aliphatic hydroxyl groups excluding tert-OH is 2. The molecule has 1 aliphatic heterocycles. The molecule has 156 valence electrons. The van der Waals surface area contributed by atoms with Crippen LogP contribution in [-0.4, -0.2) is 34.5 Å². The fourth-order valence-electron chi connectivity index (χ4n) is 4.40. The zero-order valence-electron chi connectivity index (χ0n) is 18.0. The van der Waals surface area contributed by atoms with Crippen LogP contribution >= 0.6 is 0 Å². The van der Waals surface area contributed by atoms with E-state index in [0.717, 1.165) is 16.9 Å². The zero-order valence-corrected chi connectivity index (χ0v) is 20.0. The first-order valence-electron chi connectivity index (χ1n) is 10.3. The fourth-order valence-corrected chi connectivity index (χ4v) is 4.40. The monoisotopic (exact) mass is 420 g/mol. The number of carboxylic acids is 1. The molecule has 1 aliphatic carbocycles. The molecule has 0 radical (unpaired) electrons. The van der Waals surface area contributed by atoms with Gasteiger partial charge in [-0.15, -0.1) is 11.8 Å². The van der Waals surface area contributed by atoms with Crippen LogP contribution in [0.15, 0.2) is 30.4 Å². The maximum Gasteiger partial charge on any atom is 1.00 e. The number of fused-ring (bicyclic) bond motifs is 3. The summed E-state index contributed by atoms with van der Waals surface area (Å²) in [7, 11) is 0. The second-order valence-corrected chi connectivity index (χ2v) is 8.11. The van der Waals surface area contributed by atoms with Crippen molar-refractivity contribution >= 4 is 5.97 Å². The van der Waals surface area contributed by atoms with E-state index in [1.54, 1.807) is 13.0 Å². The van der Waals surface area contributed by atoms with E-state index in [1.807, 2.05) is 31.2 Å². The summed E-state index contributed by atoms with van der Waals surface area (Å²) < 4.78 is 6.19. The molecule has 2 N–H and O–H groups in total. The van der Waals surface area contributed by atoms with Gasteiger partial charge in [-0.3, -0.25) is 0 Å². The third-order valence-electron chi connectivity index (χ3n) is 6.03. The van der Waals surface area contributed by atoms with Crippen LogP contribution in [0.3, 0.4) is 0 Å². The number of carbonyl (C=O) groups excluding carboxylic acids is 1. The maximum atomic E-state index is 10.7. The second kappa shape index (κ2) is 11.4. The Morgan fingerprint density at radius 3 is 2.90 bits per heavy atom. The van der Waals surface area contributed by atoms with Crippen LogP contribution < -0.4 is 39.4 Å². The third-order valence-corrected chi connectivity index (χ3v) is 6.03. The van der Waals surface area contributed by atoms with Crippen molar-refractivity contribution in [2.24, 2.45) is 11.8 Å². The minimum atomic E-state index is -1.04. The molecular formula is C24H29NaO5. The Morgan fingerprint density at radius 2 is 2.20 bits per heavy atom. The summed E-state index contributed by atoms with van der Waals surface area (Å²) in [5.41, 5.74) is 2.06. The van der Waals surface area contributed by atoms with E-state index in [0.29, 0.717) is 25.7 Å². The Balaban J connectivity index is 0.00000320. The number of aliphatic carboxylic acids is 1. The third kappa shape index (κ3) is 5.69. The number of hydrogen-bond donors (Lipinski definition) is 2. The number of carbonyl (C=O) groups is 1. The molecule has 6 unspecified atom stereocenters. The van der Waals surface area contributed by atoms with Gasteiger partial charge < -0.3 is 24.9 Å². The number of para-hydroxylation sites is 1. The first-order chi connectivity index (χ1) is 13.9. The zero-order chi connectivity index (χ0) is 21.0. The van der Waals surface area contributed by atoms with Gasteiger partial charge in [0.05, 0.1) is 12.2 Å². The van der Waals surface area contributed by atoms with Gasteiger partial charge in [-0.1, -0.05) is 37.3 Å². The number of hydrogen-bond acceptors (Lipinski definition) is 5. The van der Waals surface area contributed by atoms with Gasteiger partial charge in [-0.2, -0.15) is 0 Å². The van der Waals surface area contributed by atoms with E-state index in [4.69, 9.17) is 4.74 Å². The van der Waals surface area contributed by atoms with Gasteiger partial charge in [0.1, 0.15) is 11.9 Å². The van der Waals surface area contributed by atoms with Crippen LogP contribution in [0, 0.1) is 23.7 Å². The Kier molecular flexibility index (Phi) is 9.46. The van der Waals surface area contributed by atoms with E-state index in [2.05, 4.69) is 11.8 Å². The Labute approximate surface area is 200 Å². The van der Waals surface area contributed by atoms with Crippen molar-refractivity contribution in [1.82, 2.24) is 0 Å². The Bertz CT molecular complexity index is 825. The van der Waals surface area contributed by atoms with Crippen molar-refractivity contribution in [3.63, 3.8) is 0 Å². The molecule has 6 atom stereocenters. The number of rotatable bonds is 8. The van der Waals surface area contributed by atoms with Crippen LogP contribution in [0.5, 0.6) is 5.75 Å². The van der Waals surface area contributed by atoms with Gasteiger partial charge in [0.25, 0.3) is 0 Å². The minimum Gasteiger partial charge on any atom is -0.550 e.